The van der Waals surface area contributed by atoms with Crippen molar-refractivity contribution >= 4 is 0 Å². The Morgan fingerprint density at radius 3 is 2.64 bits per heavy atom. The average Bonchev–Trinajstić information content (AvgIpc) is 2.47. The maximum Gasteiger partial charge on any atom is 0.112 e. The van der Waals surface area contributed by atoms with Crippen molar-refractivity contribution in [3.05, 3.63) is 0 Å². The fourth-order valence-electron chi connectivity index (χ4n) is 1.51. The summed E-state index contributed by atoms with van der Waals surface area (Å²) < 4.78 is 10.5. The van der Waals surface area contributed by atoms with E-state index < -0.39 is 0 Å². The van der Waals surface area contributed by atoms with Gasteiger partial charge in [0.15, 0.2) is 0 Å². The number of rotatable bonds is 2. The second-order valence-corrected chi connectivity index (χ2v) is 3.96. The molecule has 0 radical (unpaired) electrons. The minimum atomic E-state index is 0.174. The minimum Gasteiger partial charge on any atom is -0.444 e. The molecule has 1 rings (SSSR count). The number of hydrogen-bond acceptors (Lipinski definition) is 3. The van der Waals surface area contributed by atoms with Crippen molar-refractivity contribution in [1.29, 1.82) is 0 Å². The molecule has 0 aromatic carbocycles. The second-order valence-electron chi connectivity index (χ2n) is 3.96. The summed E-state index contributed by atoms with van der Waals surface area (Å²) in [5, 5.41) is 0. The first-order chi connectivity index (χ1) is 6.63. The van der Waals surface area contributed by atoms with Crippen LogP contribution in [0.15, 0.2) is 0 Å². The van der Waals surface area contributed by atoms with E-state index in [1.165, 1.54) is 0 Å². The van der Waals surface area contributed by atoms with Crippen molar-refractivity contribution in [2.45, 2.75) is 38.5 Å². The van der Waals surface area contributed by atoms with Crippen LogP contribution in [0.5, 0.6) is 0 Å². The number of ether oxygens (including phenoxy) is 2. The van der Waals surface area contributed by atoms with Crippen molar-refractivity contribution < 1.29 is 9.47 Å². The summed E-state index contributed by atoms with van der Waals surface area (Å²) in [4.78, 5) is 2.20. The smallest absolute Gasteiger partial charge is 0.112 e. The van der Waals surface area contributed by atoms with E-state index in [9.17, 15) is 0 Å². The molecule has 0 bridgehead atoms. The van der Waals surface area contributed by atoms with Gasteiger partial charge in [0.1, 0.15) is 12.2 Å². The zero-order chi connectivity index (χ0) is 10.6. The highest BCUT2D eigenvalue weighted by Crippen LogP contribution is 2.16. The Labute approximate surface area is 86.4 Å². The van der Waals surface area contributed by atoms with E-state index in [2.05, 4.69) is 24.0 Å². The van der Waals surface area contributed by atoms with E-state index in [1.807, 2.05) is 13.8 Å². The molecule has 2 atom stereocenters. The molecular weight excluding hydrogens is 178 g/mol. The van der Waals surface area contributed by atoms with Gasteiger partial charge in [-0.1, -0.05) is 0 Å². The van der Waals surface area contributed by atoms with Gasteiger partial charge in [-0.05, 0) is 26.8 Å². The van der Waals surface area contributed by atoms with E-state index in [-0.39, 0.29) is 12.1 Å². The summed E-state index contributed by atoms with van der Waals surface area (Å²) in [6.45, 7) is 4.91. The summed E-state index contributed by atoms with van der Waals surface area (Å²) in [6, 6.07) is 0.277. The number of likely N-dealkylation sites (tertiary alicyclic amines) is 1. The van der Waals surface area contributed by atoms with Crippen LogP contribution in [0, 0.1) is 12.0 Å². The highest BCUT2D eigenvalue weighted by atomic mass is 16.5. The van der Waals surface area contributed by atoms with Crippen LogP contribution in [0.2, 0.25) is 0 Å². The lowest BCUT2D eigenvalue weighted by Gasteiger charge is -2.11. The van der Waals surface area contributed by atoms with Crippen LogP contribution in [-0.4, -0.2) is 43.9 Å². The summed E-state index contributed by atoms with van der Waals surface area (Å²) in [6.07, 6.45) is 4.22. The van der Waals surface area contributed by atoms with E-state index in [0.717, 1.165) is 13.0 Å². The normalized spacial score (nSPS) is 27.5. The summed E-state index contributed by atoms with van der Waals surface area (Å²) in [7, 11) is 3.81. The van der Waals surface area contributed by atoms with Gasteiger partial charge in [-0.25, -0.2) is 0 Å². The Morgan fingerprint density at radius 1 is 1.43 bits per heavy atom. The van der Waals surface area contributed by atoms with E-state index >= 15 is 0 Å². The van der Waals surface area contributed by atoms with Crippen LogP contribution < -0.4 is 0 Å². The molecule has 3 heteroatoms. The molecule has 14 heavy (non-hydrogen) atoms. The third kappa shape index (κ3) is 3.21. The topological polar surface area (TPSA) is 21.7 Å². The number of hydrogen-bond donors (Lipinski definition) is 0. The molecule has 0 aromatic rings. The van der Waals surface area contributed by atoms with E-state index in [4.69, 9.17) is 9.47 Å². The van der Waals surface area contributed by atoms with Crippen LogP contribution in [0.1, 0.15) is 20.3 Å². The molecule has 1 saturated heterocycles. The van der Waals surface area contributed by atoms with Crippen molar-refractivity contribution in [2.24, 2.45) is 0 Å². The van der Waals surface area contributed by atoms with Crippen LogP contribution in [0.4, 0.5) is 0 Å². The standard InChI is InChI=1S/C11H19NO2/c1-9(2)14-6-5-10-7-11(13-4)8-12(10)3/h9-11H,7-8H2,1-4H3/t10-,11-/m1/s1. The highest BCUT2D eigenvalue weighted by Gasteiger charge is 2.27. The molecule has 0 unspecified atom stereocenters. The molecule has 0 aliphatic carbocycles. The third-order valence-electron chi connectivity index (χ3n) is 2.36. The van der Waals surface area contributed by atoms with Gasteiger partial charge >= 0.3 is 0 Å². The molecule has 1 aliphatic heterocycles. The summed E-state index contributed by atoms with van der Waals surface area (Å²) in [5.74, 6) is 3.10. The molecule has 1 heterocycles. The Kier molecular flexibility index (Phi) is 4.24. The number of nitrogens with zero attached hydrogens (tertiary/aromatic N) is 1. The number of methoxy groups -OCH3 is 1. The maximum absolute atomic E-state index is 5.29. The first-order valence-corrected chi connectivity index (χ1v) is 5.02. The maximum atomic E-state index is 5.29. The average molecular weight is 197 g/mol. The molecule has 0 saturated carbocycles. The zero-order valence-electron chi connectivity index (χ0n) is 9.41. The fraction of sp³-hybridized carbons (Fsp3) is 0.818. The first kappa shape index (κ1) is 11.4. The first-order valence-electron chi connectivity index (χ1n) is 5.02. The molecule has 0 amide bonds. The SMILES string of the molecule is CO[C@@H]1C[C@@H](C#COC(C)C)N(C)C1. The Bertz CT molecular complexity index is 229. The predicted molar refractivity (Wildman–Crippen MR) is 55.8 cm³/mol. The van der Waals surface area contributed by atoms with Crippen LogP contribution >= 0.6 is 0 Å². The monoisotopic (exact) mass is 197 g/mol. The van der Waals surface area contributed by atoms with Gasteiger partial charge in [-0.15, -0.1) is 0 Å². The van der Waals surface area contributed by atoms with Gasteiger partial charge in [0, 0.05) is 20.1 Å². The second kappa shape index (κ2) is 5.23. The lowest BCUT2D eigenvalue weighted by molar-refractivity contribution is 0.111. The van der Waals surface area contributed by atoms with E-state index in [0.29, 0.717) is 6.10 Å². The zero-order valence-corrected chi connectivity index (χ0v) is 9.41. The molecule has 1 aliphatic rings. The predicted octanol–water partition coefficient (Wildman–Crippen LogP) is 1.09. The molecule has 3 nitrogen and oxygen atoms in total. The van der Waals surface area contributed by atoms with Gasteiger partial charge in [0.25, 0.3) is 0 Å². The van der Waals surface area contributed by atoms with Crippen molar-refractivity contribution in [1.82, 2.24) is 4.90 Å². The quantitative estimate of drug-likeness (QED) is 0.619. The van der Waals surface area contributed by atoms with Crippen molar-refractivity contribution in [2.75, 3.05) is 20.7 Å². The van der Waals surface area contributed by atoms with Gasteiger partial charge in [-0.2, -0.15) is 0 Å². The lowest BCUT2D eigenvalue weighted by atomic mass is 10.2. The van der Waals surface area contributed by atoms with E-state index in [1.54, 1.807) is 7.11 Å². The molecule has 1 fully saturated rings. The van der Waals surface area contributed by atoms with Crippen molar-refractivity contribution in [3.8, 4) is 12.0 Å². The molecule has 0 spiro atoms. The molecule has 0 N–H and O–H groups in total. The van der Waals surface area contributed by atoms with Crippen LogP contribution in [-0.2, 0) is 9.47 Å². The van der Waals surface area contributed by atoms with Crippen molar-refractivity contribution in [3.63, 3.8) is 0 Å². The minimum absolute atomic E-state index is 0.174. The largest absolute Gasteiger partial charge is 0.444 e. The molecular formula is C11H19NO2. The Hall–Kier alpha value is -0.720. The number of likely N-dealkylation sites (N-methyl/N-ethyl adjacent to an activating group) is 1. The lowest BCUT2D eigenvalue weighted by Crippen LogP contribution is -2.24. The van der Waals surface area contributed by atoms with Gasteiger partial charge in [-0.3, -0.25) is 4.90 Å². The van der Waals surface area contributed by atoms with Crippen LogP contribution in [0.25, 0.3) is 0 Å². The van der Waals surface area contributed by atoms with Gasteiger partial charge in [0.05, 0.1) is 12.1 Å². The van der Waals surface area contributed by atoms with Gasteiger partial charge < -0.3 is 9.47 Å². The summed E-state index contributed by atoms with van der Waals surface area (Å²) in [5.41, 5.74) is 0. The highest BCUT2D eigenvalue weighted by molar-refractivity contribution is 5.07. The Balaban J connectivity index is 2.40. The summed E-state index contributed by atoms with van der Waals surface area (Å²) >= 11 is 0. The molecule has 0 aromatic heterocycles. The third-order valence-corrected chi connectivity index (χ3v) is 2.36. The van der Waals surface area contributed by atoms with Crippen LogP contribution in [0.3, 0.4) is 0 Å². The molecule has 80 valence electrons. The Morgan fingerprint density at radius 2 is 2.14 bits per heavy atom. The van der Waals surface area contributed by atoms with Gasteiger partial charge in [0.2, 0.25) is 0 Å². The fourth-order valence-corrected chi connectivity index (χ4v) is 1.51.